The molecule has 0 spiro atoms. The van der Waals surface area contributed by atoms with Gasteiger partial charge in [-0.3, -0.25) is 4.90 Å². The fourth-order valence-corrected chi connectivity index (χ4v) is 4.46. The van der Waals surface area contributed by atoms with E-state index in [1.54, 1.807) is 67.8 Å². The first kappa shape index (κ1) is 25.0. The Labute approximate surface area is 218 Å². The number of aryl methyl sites for hydroxylation is 1. The Morgan fingerprint density at radius 3 is 2.24 bits per heavy atom. The molecular weight excluding hydrogens is 490 g/mol. The molecule has 5 rings (SSSR count). The number of fused-ring (bicyclic) bond motifs is 1. The minimum Gasteiger partial charge on any atom is -0.497 e. The average Bonchev–Trinajstić information content (AvgIpc) is 2.93. The van der Waals surface area contributed by atoms with Crippen molar-refractivity contribution in [1.29, 1.82) is 0 Å². The average molecular weight is 515 g/mol. The van der Waals surface area contributed by atoms with Crippen molar-refractivity contribution in [1.82, 2.24) is 4.90 Å². The van der Waals surface area contributed by atoms with E-state index in [0.29, 0.717) is 17.0 Å². The van der Waals surface area contributed by atoms with Crippen molar-refractivity contribution in [3.63, 3.8) is 0 Å². The highest BCUT2D eigenvalue weighted by atomic mass is 19.2. The molecule has 0 bridgehead atoms. The van der Waals surface area contributed by atoms with Crippen LogP contribution in [0.1, 0.15) is 28.3 Å². The smallest absolute Gasteiger partial charge is 0.424 e. The van der Waals surface area contributed by atoms with Crippen molar-refractivity contribution < 1.29 is 27.8 Å². The zero-order chi connectivity index (χ0) is 26.8. The molecule has 0 saturated carbocycles. The zero-order valence-corrected chi connectivity index (χ0v) is 20.7. The second-order valence-corrected chi connectivity index (χ2v) is 8.90. The van der Waals surface area contributed by atoms with E-state index in [0.717, 1.165) is 28.2 Å². The summed E-state index contributed by atoms with van der Waals surface area (Å²) >= 11 is 0. The van der Waals surface area contributed by atoms with Crippen LogP contribution < -0.4 is 14.4 Å². The normalized spacial score (nSPS) is 14.7. The fourth-order valence-electron chi connectivity index (χ4n) is 4.46. The summed E-state index contributed by atoms with van der Waals surface area (Å²) in [5.41, 5.74) is 3.11. The van der Waals surface area contributed by atoms with Crippen LogP contribution in [0.25, 0.3) is 0 Å². The van der Waals surface area contributed by atoms with Gasteiger partial charge in [0.05, 0.1) is 25.4 Å². The number of benzene rings is 4. The van der Waals surface area contributed by atoms with E-state index in [-0.39, 0.29) is 17.9 Å². The predicted molar refractivity (Wildman–Crippen MR) is 138 cm³/mol. The van der Waals surface area contributed by atoms with Gasteiger partial charge in [-0.1, -0.05) is 54.1 Å². The van der Waals surface area contributed by atoms with E-state index < -0.39 is 29.8 Å². The predicted octanol–water partition coefficient (Wildman–Crippen LogP) is 7.01. The van der Waals surface area contributed by atoms with Crippen LogP contribution in [0.5, 0.6) is 11.5 Å². The van der Waals surface area contributed by atoms with Gasteiger partial charge in [0.25, 0.3) is 0 Å². The first-order chi connectivity index (χ1) is 18.4. The lowest BCUT2D eigenvalue weighted by atomic mass is 9.93. The summed E-state index contributed by atoms with van der Waals surface area (Å²) in [7, 11) is 1.56. The molecule has 0 fully saturated rings. The summed E-state index contributed by atoms with van der Waals surface area (Å²) in [6.45, 7) is 2.05. The molecule has 0 radical (unpaired) electrons. The number of amides is 3. The molecule has 1 aliphatic heterocycles. The molecule has 38 heavy (non-hydrogen) atoms. The molecule has 4 aromatic rings. The van der Waals surface area contributed by atoms with E-state index in [2.05, 4.69) is 0 Å². The maximum absolute atomic E-state index is 14.3. The molecule has 0 aliphatic carbocycles. The molecular formula is C30H24F2N2O4. The van der Waals surface area contributed by atoms with Crippen LogP contribution in [0.2, 0.25) is 0 Å². The highest BCUT2D eigenvalue weighted by Gasteiger charge is 2.43. The van der Waals surface area contributed by atoms with E-state index >= 15 is 0 Å². The highest BCUT2D eigenvalue weighted by molar-refractivity contribution is 6.04. The molecule has 1 aliphatic rings. The third kappa shape index (κ3) is 4.80. The van der Waals surface area contributed by atoms with Crippen LogP contribution in [0.15, 0.2) is 91.0 Å². The largest absolute Gasteiger partial charge is 0.497 e. The van der Waals surface area contributed by atoms with Crippen LogP contribution in [0.3, 0.4) is 0 Å². The van der Waals surface area contributed by atoms with Gasteiger partial charge in [0.1, 0.15) is 11.5 Å². The molecule has 6 nitrogen and oxygen atoms in total. The van der Waals surface area contributed by atoms with Crippen molar-refractivity contribution in [2.45, 2.75) is 19.5 Å². The fraction of sp³-hybridized carbons (Fsp3) is 0.133. The number of para-hydroxylation sites is 1. The first-order valence-corrected chi connectivity index (χ1v) is 11.9. The first-order valence-electron chi connectivity index (χ1n) is 11.9. The number of halogens is 2. The summed E-state index contributed by atoms with van der Waals surface area (Å²) in [5.74, 6) is -1.20. The Morgan fingerprint density at radius 2 is 1.55 bits per heavy atom. The van der Waals surface area contributed by atoms with Gasteiger partial charge in [-0.15, -0.1) is 0 Å². The van der Waals surface area contributed by atoms with E-state index in [9.17, 15) is 18.4 Å². The van der Waals surface area contributed by atoms with Gasteiger partial charge in [0.15, 0.2) is 11.6 Å². The topological polar surface area (TPSA) is 59.1 Å². The number of methoxy groups -OCH3 is 1. The number of ether oxygens (including phenoxy) is 2. The second kappa shape index (κ2) is 10.3. The molecule has 8 heteroatoms. The summed E-state index contributed by atoms with van der Waals surface area (Å²) in [6, 6.07) is 22.7. The minimum absolute atomic E-state index is 0.151. The van der Waals surface area contributed by atoms with Gasteiger partial charge >= 0.3 is 12.1 Å². The Morgan fingerprint density at radius 1 is 0.868 bits per heavy atom. The van der Waals surface area contributed by atoms with Gasteiger partial charge < -0.3 is 9.47 Å². The lowest BCUT2D eigenvalue weighted by Gasteiger charge is -2.41. The van der Waals surface area contributed by atoms with Gasteiger partial charge in [0, 0.05) is 5.56 Å². The molecule has 1 atom stereocenters. The monoisotopic (exact) mass is 514 g/mol. The van der Waals surface area contributed by atoms with Crippen molar-refractivity contribution in [3.8, 4) is 11.5 Å². The quantitative estimate of drug-likeness (QED) is 0.287. The third-order valence-corrected chi connectivity index (χ3v) is 6.40. The van der Waals surface area contributed by atoms with Gasteiger partial charge in [-0.25, -0.2) is 23.3 Å². The van der Waals surface area contributed by atoms with E-state index in [1.165, 1.54) is 11.0 Å². The molecule has 3 amide bonds. The number of carbonyl (C=O) groups excluding carboxylic acids is 2. The zero-order valence-electron chi connectivity index (χ0n) is 20.7. The molecule has 1 heterocycles. The van der Waals surface area contributed by atoms with Crippen LogP contribution in [-0.2, 0) is 6.54 Å². The summed E-state index contributed by atoms with van der Waals surface area (Å²) in [4.78, 5) is 30.0. The van der Waals surface area contributed by atoms with Crippen LogP contribution >= 0.6 is 0 Å². The minimum atomic E-state index is -1.08. The van der Waals surface area contributed by atoms with Crippen LogP contribution in [0.4, 0.5) is 24.1 Å². The molecule has 4 aromatic carbocycles. The highest BCUT2D eigenvalue weighted by Crippen LogP contribution is 2.42. The number of rotatable bonds is 5. The molecule has 192 valence electrons. The van der Waals surface area contributed by atoms with Gasteiger partial charge in [0.2, 0.25) is 0 Å². The lowest BCUT2D eigenvalue weighted by molar-refractivity contribution is 0.143. The molecule has 0 N–H and O–H groups in total. The standard InChI is InChI=1S/C30H24F2N2O4/c1-19-7-12-23(13-8-19)38-30(36)34-28(21-11-16-25(31)26(32)17-21)24-5-3-4-6-27(24)33(29(34)35)18-20-9-14-22(37-2)15-10-20/h3-17,28H,18H2,1-2H3. The molecule has 0 saturated heterocycles. The third-order valence-electron chi connectivity index (χ3n) is 6.40. The van der Waals surface area contributed by atoms with E-state index in [1.807, 2.05) is 19.1 Å². The SMILES string of the molecule is COc1ccc(CN2C(=O)N(C(=O)Oc3ccc(C)cc3)C(c3ccc(F)c(F)c3)c3ccccc32)cc1. The van der Waals surface area contributed by atoms with Crippen LogP contribution in [0, 0.1) is 18.6 Å². The lowest BCUT2D eigenvalue weighted by Crippen LogP contribution is -2.53. The van der Waals surface area contributed by atoms with Crippen molar-refractivity contribution in [3.05, 3.63) is 125 Å². The van der Waals surface area contributed by atoms with Gasteiger partial charge in [-0.2, -0.15) is 0 Å². The maximum Gasteiger partial charge on any atom is 0.424 e. The van der Waals surface area contributed by atoms with Crippen LogP contribution in [-0.4, -0.2) is 24.1 Å². The number of imide groups is 1. The number of hydrogen-bond donors (Lipinski definition) is 0. The number of urea groups is 1. The van der Waals surface area contributed by atoms with E-state index in [4.69, 9.17) is 9.47 Å². The number of anilines is 1. The Kier molecular flexibility index (Phi) is 6.79. The molecule has 0 aromatic heterocycles. The summed E-state index contributed by atoms with van der Waals surface area (Å²) in [5, 5.41) is 0. The Balaban J connectivity index is 1.60. The summed E-state index contributed by atoms with van der Waals surface area (Å²) in [6.07, 6.45) is -0.942. The summed E-state index contributed by atoms with van der Waals surface area (Å²) < 4.78 is 38.9. The second-order valence-electron chi connectivity index (χ2n) is 8.90. The van der Waals surface area contributed by atoms with Gasteiger partial charge in [-0.05, 0) is 60.5 Å². The Bertz CT molecular complexity index is 1490. The Hall–Kier alpha value is -4.72. The number of nitrogens with zero attached hydrogens (tertiary/aromatic N) is 2. The molecule has 1 unspecified atom stereocenters. The number of hydrogen-bond acceptors (Lipinski definition) is 4. The van der Waals surface area contributed by atoms with Crippen molar-refractivity contribution >= 4 is 17.8 Å². The van der Waals surface area contributed by atoms with Crippen molar-refractivity contribution in [2.24, 2.45) is 0 Å². The number of carbonyl (C=O) groups is 2. The maximum atomic E-state index is 14.3. The van der Waals surface area contributed by atoms with Crippen molar-refractivity contribution in [2.75, 3.05) is 12.0 Å².